The van der Waals surface area contributed by atoms with Crippen LogP contribution in [0.15, 0.2) is 38.8 Å². The molecule has 1 aromatic carbocycles. The van der Waals surface area contributed by atoms with Gasteiger partial charge in [0.2, 0.25) is 0 Å². The summed E-state index contributed by atoms with van der Waals surface area (Å²) < 4.78 is 2.32. The number of fused-ring (bicyclic) bond motifs is 1. The highest BCUT2D eigenvalue weighted by Crippen LogP contribution is 2.27. The van der Waals surface area contributed by atoms with Gasteiger partial charge in [0, 0.05) is 38.2 Å². The van der Waals surface area contributed by atoms with Crippen molar-refractivity contribution in [1.29, 1.82) is 0 Å². The van der Waals surface area contributed by atoms with Gasteiger partial charge in [-0.15, -0.1) is 11.8 Å². The van der Waals surface area contributed by atoms with E-state index in [1.54, 1.807) is 0 Å². The highest BCUT2D eigenvalue weighted by Gasteiger charge is 2.24. The lowest BCUT2D eigenvalue weighted by Gasteiger charge is -2.05. The van der Waals surface area contributed by atoms with Gasteiger partial charge in [0.05, 0.1) is 21.3 Å². The van der Waals surface area contributed by atoms with Crippen LogP contribution in [-0.4, -0.2) is 30.6 Å². The molecule has 0 aliphatic carbocycles. The van der Waals surface area contributed by atoms with Crippen molar-refractivity contribution in [3.05, 3.63) is 66.3 Å². The fraction of sp³-hybridized carbons (Fsp3) is 0.250. The first kappa shape index (κ1) is 17.8. The summed E-state index contributed by atoms with van der Waals surface area (Å²) in [5, 5.41) is 11.4. The second-order valence-electron chi connectivity index (χ2n) is 5.71. The third kappa shape index (κ3) is 3.10. The molecule has 0 amide bonds. The Hall–Kier alpha value is -3.01. The molecule has 0 saturated carbocycles. The summed E-state index contributed by atoms with van der Waals surface area (Å²) in [5.41, 5.74) is -0.347. The van der Waals surface area contributed by atoms with Crippen molar-refractivity contribution < 1.29 is 9.72 Å². The largest absolute Gasteiger partial charge is 0.332 e. The number of nitro groups is 1. The van der Waals surface area contributed by atoms with Crippen molar-refractivity contribution in [2.75, 3.05) is 5.75 Å². The maximum atomic E-state index is 12.3. The molecule has 0 spiro atoms. The molecule has 9 nitrogen and oxygen atoms in total. The van der Waals surface area contributed by atoms with Gasteiger partial charge in [-0.25, -0.2) is 9.79 Å². The third-order valence-electron chi connectivity index (χ3n) is 4.03. The molecule has 1 aliphatic rings. The van der Waals surface area contributed by atoms with Gasteiger partial charge in [0.15, 0.2) is 5.78 Å². The van der Waals surface area contributed by atoms with Gasteiger partial charge in [0.1, 0.15) is 5.82 Å². The number of carbonyl (C=O) groups excluding carboxylic acids is 1. The number of non-ortho nitro benzene ring substituents is 1. The van der Waals surface area contributed by atoms with Crippen molar-refractivity contribution >= 4 is 34.1 Å². The van der Waals surface area contributed by atoms with Gasteiger partial charge < -0.3 is 0 Å². The molecule has 1 aliphatic heterocycles. The molecule has 134 valence electrons. The summed E-state index contributed by atoms with van der Waals surface area (Å²) in [5.74, 6) is 0.0601. The van der Waals surface area contributed by atoms with E-state index in [4.69, 9.17) is 0 Å². The van der Waals surface area contributed by atoms with E-state index in [0.717, 1.165) is 16.3 Å². The van der Waals surface area contributed by atoms with Gasteiger partial charge >= 0.3 is 5.69 Å². The number of thioether (sulfide) groups is 1. The summed E-state index contributed by atoms with van der Waals surface area (Å²) in [7, 11) is 2.94. The van der Waals surface area contributed by atoms with Crippen molar-refractivity contribution in [2.24, 2.45) is 19.1 Å². The maximum Gasteiger partial charge on any atom is 0.332 e. The number of hydrogen-bond acceptors (Lipinski definition) is 7. The summed E-state index contributed by atoms with van der Waals surface area (Å²) in [6.07, 6.45) is 0.253. The normalized spacial score (nSPS) is 12.6. The van der Waals surface area contributed by atoms with E-state index in [2.05, 4.69) is 4.99 Å². The zero-order chi connectivity index (χ0) is 19.0. The first-order valence-corrected chi connectivity index (χ1v) is 8.55. The van der Waals surface area contributed by atoms with Crippen LogP contribution in [-0.2, 0) is 20.5 Å². The van der Waals surface area contributed by atoms with Gasteiger partial charge in [-0.1, -0.05) is 12.1 Å². The molecule has 2 heterocycles. The first-order chi connectivity index (χ1) is 12.3. The number of aliphatic imine (C=N–C) groups is 1. The summed E-state index contributed by atoms with van der Waals surface area (Å²) in [6, 6.07) is 5.52. The highest BCUT2D eigenvalue weighted by atomic mass is 32.2. The number of Topliss-reactive ketones (excluding diaryl/α,β-unsaturated/α-hetero) is 1. The quantitative estimate of drug-likeness (QED) is 0.451. The molecule has 0 fully saturated rings. The highest BCUT2D eigenvalue weighted by molar-refractivity contribution is 8.14. The van der Waals surface area contributed by atoms with Crippen LogP contribution < -0.4 is 11.2 Å². The predicted molar refractivity (Wildman–Crippen MR) is 97.6 cm³/mol. The van der Waals surface area contributed by atoms with E-state index in [1.807, 2.05) is 0 Å². The van der Waals surface area contributed by atoms with Crippen LogP contribution in [0, 0.1) is 10.1 Å². The number of hydrogen-bond donors (Lipinski definition) is 0. The summed E-state index contributed by atoms with van der Waals surface area (Å²) >= 11 is 1.15. The number of ketones is 1. The van der Waals surface area contributed by atoms with Gasteiger partial charge in [-0.2, -0.15) is 0 Å². The molecule has 2 aromatic rings. The summed E-state index contributed by atoms with van der Waals surface area (Å²) in [6.45, 7) is 0. The van der Waals surface area contributed by atoms with E-state index in [0.29, 0.717) is 16.4 Å². The fourth-order valence-electron chi connectivity index (χ4n) is 2.62. The van der Waals surface area contributed by atoms with Gasteiger partial charge in [-0.05, 0) is 0 Å². The molecular weight excluding hydrogens is 360 g/mol. The Labute approximate surface area is 151 Å². The number of carbonyl (C=O) groups is 1. The predicted octanol–water partition coefficient (Wildman–Crippen LogP) is 1.19. The molecule has 0 saturated heterocycles. The molecule has 0 N–H and O–H groups in total. The number of nitrogens with zero attached hydrogens (tertiary/aromatic N) is 4. The summed E-state index contributed by atoms with van der Waals surface area (Å²) in [4.78, 5) is 50.9. The number of aromatic nitrogens is 2. The Morgan fingerprint density at radius 2 is 2.04 bits per heavy atom. The molecule has 0 atom stereocenters. The van der Waals surface area contributed by atoms with Crippen molar-refractivity contribution in [3.8, 4) is 0 Å². The monoisotopic (exact) mass is 374 g/mol. The molecule has 0 bridgehead atoms. The molecule has 0 unspecified atom stereocenters. The first-order valence-electron chi connectivity index (χ1n) is 7.56. The van der Waals surface area contributed by atoms with E-state index in [9.17, 15) is 24.5 Å². The van der Waals surface area contributed by atoms with E-state index in [1.165, 1.54) is 42.9 Å². The third-order valence-corrected chi connectivity index (χ3v) is 5.01. The van der Waals surface area contributed by atoms with Crippen molar-refractivity contribution in [3.63, 3.8) is 0 Å². The van der Waals surface area contributed by atoms with Crippen LogP contribution in [0.25, 0.3) is 0 Å². The molecular formula is C16H14N4O5S. The SMILES string of the molecule is Cn1c2c(c(=O)n(C)c1=O)CC(SCC(=O)c1cccc([N+](=O)[O-])c1)=N2. The Morgan fingerprint density at radius 1 is 1.31 bits per heavy atom. The minimum Gasteiger partial charge on any atom is -0.293 e. The fourth-order valence-corrected chi connectivity index (χ4v) is 3.48. The second-order valence-corrected chi connectivity index (χ2v) is 6.76. The molecule has 26 heavy (non-hydrogen) atoms. The number of nitro benzene ring substituents is 1. The van der Waals surface area contributed by atoms with Gasteiger partial charge in [-0.3, -0.25) is 28.8 Å². The van der Waals surface area contributed by atoms with Gasteiger partial charge in [0.25, 0.3) is 11.2 Å². The average molecular weight is 374 g/mol. The topological polar surface area (TPSA) is 117 Å². The lowest BCUT2D eigenvalue weighted by atomic mass is 10.1. The standard InChI is InChI=1S/C16H14N4O5S/c1-18-14-11(15(22)19(2)16(18)23)7-13(17-14)26-8-12(21)9-4-3-5-10(6-9)20(24)25/h3-6H,7-8H2,1-2H3. The second kappa shape index (κ2) is 6.71. The van der Waals surface area contributed by atoms with Crippen LogP contribution in [0.2, 0.25) is 0 Å². The molecule has 3 rings (SSSR count). The van der Waals surface area contributed by atoms with Crippen LogP contribution in [0.1, 0.15) is 15.9 Å². The minimum atomic E-state index is -0.558. The molecule has 0 radical (unpaired) electrons. The van der Waals surface area contributed by atoms with E-state index in [-0.39, 0.29) is 29.2 Å². The Kier molecular flexibility index (Phi) is 4.60. The zero-order valence-corrected chi connectivity index (χ0v) is 14.8. The van der Waals surface area contributed by atoms with E-state index >= 15 is 0 Å². The number of benzene rings is 1. The smallest absolute Gasteiger partial charge is 0.293 e. The maximum absolute atomic E-state index is 12.3. The van der Waals surface area contributed by atoms with Crippen LogP contribution >= 0.6 is 11.8 Å². The van der Waals surface area contributed by atoms with Crippen LogP contribution in [0.5, 0.6) is 0 Å². The van der Waals surface area contributed by atoms with Crippen molar-refractivity contribution in [1.82, 2.24) is 9.13 Å². The molecule has 1 aromatic heterocycles. The Balaban J connectivity index is 1.76. The lowest BCUT2D eigenvalue weighted by Crippen LogP contribution is -2.38. The van der Waals surface area contributed by atoms with Crippen molar-refractivity contribution in [2.45, 2.75) is 6.42 Å². The zero-order valence-electron chi connectivity index (χ0n) is 14.0. The van der Waals surface area contributed by atoms with Crippen LogP contribution in [0.3, 0.4) is 0 Å². The number of rotatable bonds is 4. The van der Waals surface area contributed by atoms with Crippen LogP contribution in [0.4, 0.5) is 11.5 Å². The lowest BCUT2D eigenvalue weighted by molar-refractivity contribution is -0.384. The Bertz CT molecular complexity index is 1080. The Morgan fingerprint density at radius 3 is 2.73 bits per heavy atom. The average Bonchev–Trinajstić information content (AvgIpc) is 3.07. The molecule has 10 heteroatoms. The minimum absolute atomic E-state index is 0.0300. The van der Waals surface area contributed by atoms with E-state index < -0.39 is 16.2 Å².